The van der Waals surface area contributed by atoms with Gasteiger partial charge in [-0.2, -0.15) is 0 Å². The quantitative estimate of drug-likeness (QED) is 0.145. The highest BCUT2D eigenvalue weighted by molar-refractivity contribution is 14.1. The van der Waals surface area contributed by atoms with Gasteiger partial charge in [0.25, 0.3) is 0 Å². The number of aryl methyl sites for hydroxylation is 3. The predicted molar refractivity (Wildman–Crippen MR) is 148 cm³/mol. The van der Waals surface area contributed by atoms with Crippen LogP contribution in [-0.4, -0.2) is 28.0 Å². The van der Waals surface area contributed by atoms with Gasteiger partial charge in [0.05, 0.1) is 21.7 Å². The van der Waals surface area contributed by atoms with E-state index in [1.54, 1.807) is 23.6 Å². The average Bonchev–Trinajstić information content (AvgIpc) is 3.17. The number of aromatic nitrogens is 1. The molecule has 0 fully saturated rings. The summed E-state index contributed by atoms with van der Waals surface area (Å²) in [5, 5.41) is 13.0. The highest BCUT2D eigenvalue weighted by Gasteiger charge is 2.11. The smallest absolute Gasteiger partial charge is 0.234 e. The summed E-state index contributed by atoms with van der Waals surface area (Å²) in [4.78, 5) is 21.7. The molecule has 0 saturated heterocycles. The molecule has 0 radical (unpaired) electrons. The van der Waals surface area contributed by atoms with E-state index < -0.39 is 0 Å². The third kappa shape index (κ3) is 5.93. The molecule has 1 aromatic heterocycles. The Labute approximate surface area is 214 Å². The second-order valence-electron chi connectivity index (χ2n) is 7.70. The maximum Gasteiger partial charge on any atom is 0.234 e. The molecule has 168 valence electrons. The van der Waals surface area contributed by atoms with Crippen molar-refractivity contribution >= 4 is 79.4 Å². The van der Waals surface area contributed by atoms with Crippen LogP contribution < -0.4 is 5.32 Å². The number of thiazole rings is 1. The number of hydrogen-bond acceptors (Lipinski definition) is 6. The normalized spacial score (nSPS) is 11.4. The summed E-state index contributed by atoms with van der Waals surface area (Å²) in [5.74, 6) is 0.451. The first kappa shape index (κ1) is 23.7. The molecule has 8 heteroatoms. The van der Waals surface area contributed by atoms with E-state index in [0.29, 0.717) is 11.3 Å². The molecule has 1 heterocycles. The zero-order valence-electron chi connectivity index (χ0n) is 18.3. The van der Waals surface area contributed by atoms with Crippen molar-refractivity contribution in [2.75, 3.05) is 11.1 Å². The molecule has 0 unspecified atom stereocenters. The van der Waals surface area contributed by atoms with Crippen molar-refractivity contribution in [2.45, 2.75) is 25.1 Å². The molecule has 0 saturated carbocycles. The molecule has 0 aliphatic rings. The Bertz CT molecular complexity index is 1360. The molecule has 2 N–H and O–H groups in total. The number of benzene rings is 3. The first-order valence-corrected chi connectivity index (χ1v) is 13.1. The van der Waals surface area contributed by atoms with Crippen LogP contribution in [0.3, 0.4) is 0 Å². The van der Waals surface area contributed by atoms with Crippen LogP contribution in [0.1, 0.15) is 22.3 Å². The van der Waals surface area contributed by atoms with Gasteiger partial charge in [-0.05, 0) is 90.9 Å². The van der Waals surface area contributed by atoms with Crippen LogP contribution in [0.2, 0.25) is 0 Å². The summed E-state index contributed by atoms with van der Waals surface area (Å²) >= 11 is 5.18. The van der Waals surface area contributed by atoms with E-state index in [1.165, 1.54) is 17.3 Å². The number of aromatic hydroxyl groups is 1. The predicted octanol–water partition coefficient (Wildman–Crippen LogP) is 7.01. The standard InChI is InChI=1S/C25H22IN3O2S2/c1-14-8-15(2)24(16(3)9-14)29-23(31)13-32-25-28-20-6-5-19(11-22(20)33-25)27-12-17-10-18(26)4-7-21(17)30/h4-12,30H,13H2,1-3H3,(H,29,31). The molecule has 5 nitrogen and oxygen atoms in total. The topological polar surface area (TPSA) is 74.6 Å². The van der Waals surface area contributed by atoms with Gasteiger partial charge in [0.1, 0.15) is 5.75 Å². The minimum Gasteiger partial charge on any atom is -0.507 e. The Balaban J connectivity index is 1.43. The SMILES string of the molecule is Cc1cc(C)c(NC(=O)CSc2nc3ccc(N=Cc4cc(I)ccc4O)cc3s2)c(C)c1. The third-order valence-corrected chi connectivity index (χ3v) is 7.79. The number of halogens is 1. The van der Waals surface area contributed by atoms with E-state index in [9.17, 15) is 9.90 Å². The number of phenols is 1. The first-order valence-electron chi connectivity index (χ1n) is 10.2. The van der Waals surface area contributed by atoms with Gasteiger partial charge in [-0.15, -0.1) is 11.3 Å². The van der Waals surface area contributed by atoms with E-state index in [2.05, 4.69) is 56.9 Å². The van der Waals surface area contributed by atoms with Crippen molar-refractivity contribution in [3.05, 3.63) is 74.4 Å². The van der Waals surface area contributed by atoms with Crippen LogP contribution in [0, 0.1) is 24.3 Å². The molecule has 33 heavy (non-hydrogen) atoms. The number of aliphatic imine (C=N–C) groups is 1. The van der Waals surface area contributed by atoms with Gasteiger partial charge in [-0.3, -0.25) is 9.79 Å². The Morgan fingerprint density at radius 2 is 1.91 bits per heavy atom. The maximum absolute atomic E-state index is 12.5. The number of nitrogens with one attached hydrogen (secondary N) is 1. The summed E-state index contributed by atoms with van der Waals surface area (Å²) in [5.41, 5.74) is 6.54. The number of anilines is 1. The first-order chi connectivity index (χ1) is 15.8. The van der Waals surface area contributed by atoms with Gasteiger partial charge in [0.2, 0.25) is 5.91 Å². The van der Waals surface area contributed by atoms with Gasteiger partial charge in [-0.25, -0.2) is 4.98 Å². The van der Waals surface area contributed by atoms with Gasteiger partial charge in [-0.1, -0.05) is 29.5 Å². The van der Waals surface area contributed by atoms with E-state index in [0.717, 1.165) is 40.6 Å². The van der Waals surface area contributed by atoms with Gasteiger partial charge in [0.15, 0.2) is 4.34 Å². The fourth-order valence-corrected chi connectivity index (χ4v) is 5.90. The van der Waals surface area contributed by atoms with Crippen molar-refractivity contribution in [1.29, 1.82) is 0 Å². The summed E-state index contributed by atoms with van der Waals surface area (Å²) in [7, 11) is 0. The molecule has 3 aromatic carbocycles. The number of hydrogen-bond donors (Lipinski definition) is 2. The Hall–Kier alpha value is -2.43. The lowest BCUT2D eigenvalue weighted by molar-refractivity contribution is -0.113. The van der Waals surface area contributed by atoms with Gasteiger partial charge >= 0.3 is 0 Å². The van der Waals surface area contributed by atoms with Crippen molar-refractivity contribution in [3.63, 3.8) is 0 Å². The lowest BCUT2D eigenvalue weighted by Crippen LogP contribution is -2.15. The Kier molecular flexibility index (Phi) is 7.35. The molecule has 0 atom stereocenters. The minimum absolute atomic E-state index is 0.0445. The van der Waals surface area contributed by atoms with E-state index in [-0.39, 0.29) is 11.7 Å². The molecular weight excluding hydrogens is 565 g/mol. The number of carbonyl (C=O) groups is 1. The molecule has 4 rings (SSSR count). The second kappa shape index (κ2) is 10.2. The zero-order valence-corrected chi connectivity index (χ0v) is 22.1. The molecule has 0 spiro atoms. The van der Waals surface area contributed by atoms with Crippen LogP contribution in [0.15, 0.2) is 57.9 Å². The number of phenolic OH excluding ortho intramolecular Hbond substituents is 1. The van der Waals surface area contributed by atoms with Crippen molar-refractivity contribution in [1.82, 2.24) is 4.98 Å². The lowest BCUT2D eigenvalue weighted by Gasteiger charge is -2.12. The van der Waals surface area contributed by atoms with Crippen LogP contribution in [0.25, 0.3) is 10.2 Å². The van der Waals surface area contributed by atoms with E-state index >= 15 is 0 Å². The fraction of sp³-hybridized carbons (Fsp3) is 0.160. The number of thioether (sulfide) groups is 1. The molecule has 0 aliphatic carbocycles. The van der Waals surface area contributed by atoms with Gasteiger partial charge in [0, 0.05) is 21.0 Å². The largest absolute Gasteiger partial charge is 0.507 e. The lowest BCUT2D eigenvalue weighted by atomic mass is 10.1. The third-order valence-electron chi connectivity index (χ3n) is 4.96. The van der Waals surface area contributed by atoms with Crippen molar-refractivity contribution in [2.24, 2.45) is 4.99 Å². The van der Waals surface area contributed by atoms with E-state index in [4.69, 9.17) is 0 Å². The average molecular weight is 588 g/mol. The van der Waals surface area contributed by atoms with Crippen molar-refractivity contribution in [3.8, 4) is 5.75 Å². The van der Waals surface area contributed by atoms with Crippen molar-refractivity contribution < 1.29 is 9.90 Å². The summed E-state index contributed by atoms with van der Waals surface area (Å²) in [6.45, 7) is 6.07. The van der Waals surface area contributed by atoms with Crippen LogP contribution in [0.5, 0.6) is 5.75 Å². The number of fused-ring (bicyclic) bond motifs is 1. The molecule has 4 aromatic rings. The summed E-state index contributed by atoms with van der Waals surface area (Å²) in [6.07, 6.45) is 1.66. The fourth-order valence-electron chi connectivity index (χ4n) is 3.49. The summed E-state index contributed by atoms with van der Waals surface area (Å²) < 4.78 is 2.88. The van der Waals surface area contributed by atoms with Crippen LogP contribution in [0.4, 0.5) is 11.4 Å². The highest BCUT2D eigenvalue weighted by Crippen LogP contribution is 2.32. The number of carbonyl (C=O) groups excluding carboxylic acids is 1. The van der Waals surface area contributed by atoms with Crippen LogP contribution in [-0.2, 0) is 4.79 Å². The summed E-state index contributed by atoms with van der Waals surface area (Å²) in [6, 6.07) is 15.3. The molecule has 0 bridgehead atoms. The highest BCUT2D eigenvalue weighted by atomic mass is 127. The zero-order chi connectivity index (χ0) is 23.5. The van der Waals surface area contributed by atoms with Gasteiger partial charge < -0.3 is 10.4 Å². The monoisotopic (exact) mass is 587 g/mol. The second-order valence-corrected chi connectivity index (χ2v) is 11.2. The number of nitrogens with zero attached hydrogens (tertiary/aromatic N) is 2. The number of rotatable bonds is 6. The van der Waals surface area contributed by atoms with E-state index in [1.807, 2.05) is 44.2 Å². The molecular formula is C25H22IN3O2S2. The Morgan fingerprint density at radius 1 is 1.15 bits per heavy atom. The van der Waals surface area contributed by atoms with Crippen LogP contribution >= 0.6 is 45.7 Å². The molecule has 1 amide bonds. The maximum atomic E-state index is 12.5. The number of amides is 1. The minimum atomic E-state index is -0.0445. The molecule has 0 aliphatic heterocycles. The Morgan fingerprint density at radius 3 is 2.67 bits per heavy atom.